The molecule has 8 heteroatoms. The van der Waals surface area contributed by atoms with Gasteiger partial charge in [-0.3, -0.25) is 18.7 Å². The molecule has 3 rings (SSSR count). The summed E-state index contributed by atoms with van der Waals surface area (Å²) < 4.78 is 2.31. The molecule has 1 N–H and O–H groups in total. The minimum absolute atomic E-state index is 0.178. The Morgan fingerprint density at radius 2 is 1.78 bits per heavy atom. The van der Waals surface area contributed by atoms with Crippen LogP contribution in [0, 0.1) is 6.92 Å². The molecule has 2 aromatic rings. The van der Waals surface area contributed by atoms with E-state index < -0.39 is 11.2 Å². The Balaban J connectivity index is 1.86. The number of carbonyl (C=O) groups excluding carboxylic acids is 1. The van der Waals surface area contributed by atoms with Crippen molar-refractivity contribution >= 4 is 16.9 Å². The average Bonchev–Trinajstić information content (AvgIpc) is 2.92. The van der Waals surface area contributed by atoms with Gasteiger partial charge < -0.3 is 10.2 Å². The number of amides is 1. The van der Waals surface area contributed by atoms with Crippen LogP contribution in [0.3, 0.4) is 0 Å². The van der Waals surface area contributed by atoms with Crippen molar-refractivity contribution in [2.75, 3.05) is 26.2 Å². The van der Waals surface area contributed by atoms with E-state index in [0.29, 0.717) is 12.2 Å². The van der Waals surface area contributed by atoms with Gasteiger partial charge in [-0.15, -0.1) is 0 Å². The fourth-order valence-electron chi connectivity index (χ4n) is 3.64. The molecule has 1 aliphatic rings. The van der Waals surface area contributed by atoms with E-state index in [1.807, 2.05) is 0 Å². The zero-order chi connectivity index (χ0) is 19.6. The van der Waals surface area contributed by atoms with Crippen LogP contribution in [-0.4, -0.2) is 51.1 Å². The van der Waals surface area contributed by atoms with Crippen molar-refractivity contribution in [1.82, 2.24) is 24.3 Å². The Labute approximate surface area is 157 Å². The van der Waals surface area contributed by atoms with Gasteiger partial charge >= 0.3 is 5.69 Å². The van der Waals surface area contributed by atoms with Crippen molar-refractivity contribution in [2.45, 2.75) is 32.6 Å². The number of pyridine rings is 1. The van der Waals surface area contributed by atoms with Gasteiger partial charge in [0.2, 0.25) is 0 Å². The summed E-state index contributed by atoms with van der Waals surface area (Å²) in [5.74, 6) is -0.309. The molecule has 2 aromatic heterocycles. The second-order valence-electron chi connectivity index (χ2n) is 7.23. The highest BCUT2D eigenvalue weighted by atomic mass is 16.2. The monoisotopic (exact) mass is 373 g/mol. The van der Waals surface area contributed by atoms with Crippen LogP contribution in [-0.2, 0) is 14.1 Å². The van der Waals surface area contributed by atoms with E-state index in [-0.39, 0.29) is 22.5 Å². The number of nitrogens with one attached hydrogen (secondary N) is 1. The van der Waals surface area contributed by atoms with Crippen LogP contribution in [0.2, 0.25) is 0 Å². The molecule has 1 fully saturated rings. The Bertz CT molecular complexity index is 968. The summed E-state index contributed by atoms with van der Waals surface area (Å²) in [4.78, 5) is 44.2. The summed E-state index contributed by atoms with van der Waals surface area (Å²) in [6.45, 7) is 5.19. The minimum atomic E-state index is -0.502. The van der Waals surface area contributed by atoms with Crippen LogP contribution in [0.25, 0.3) is 11.0 Å². The third-order valence-electron chi connectivity index (χ3n) is 5.20. The normalized spacial score (nSPS) is 15.7. The molecular formula is C19H27N5O3. The highest BCUT2D eigenvalue weighted by molar-refractivity contribution is 6.05. The van der Waals surface area contributed by atoms with E-state index >= 15 is 0 Å². The molecule has 0 atom stereocenters. The average molecular weight is 373 g/mol. The molecule has 0 spiro atoms. The van der Waals surface area contributed by atoms with Crippen molar-refractivity contribution in [3.63, 3.8) is 0 Å². The summed E-state index contributed by atoms with van der Waals surface area (Å²) in [5.41, 5.74) is 0.130. The third-order valence-corrected chi connectivity index (χ3v) is 5.20. The van der Waals surface area contributed by atoms with Crippen molar-refractivity contribution in [3.05, 3.63) is 38.2 Å². The number of hydrogen-bond donors (Lipinski definition) is 1. The SMILES string of the molecule is Cc1cc(C(=O)NCCN2CCCCCC2)c2c(=O)n(C)c(=O)n(C)c2n1. The molecule has 0 unspecified atom stereocenters. The fraction of sp³-hybridized carbons (Fsp3) is 0.579. The first-order valence-corrected chi connectivity index (χ1v) is 9.48. The lowest BCUT2D eigenvalue weighted by molar-refractivity contribution is 0.0950. The molecule has 27 heavy (non-hydrogen) atoms. The first-order valence-electron chi connectivity index (χ1n) is 9.48. The third kappa shape index (κ3) is 3.95. The molecule has 146 valence electrons. The molecule has 0 saturated carbocycles. The molecule has 1 saturated heterocycles. The summed E-state index contributed by atoms with van der Waals surface area (Å²) in [6.07, 6.45) is 4.94. The number of rotatable bonds is 4. The first-order chi connectivity index (χ1) is 12.9. The molecule has 1 amide bonds. The van der Waals surface area contributed by atoms with Gasteiger partial charge in [-0.25, -0.2) is 9.78 Å². The summed E-state index contributed by atoms with van der Waals surface area (Å²) in [5, 5.41) is 3.10. The molecule has 0 bridgehead atoms. The van der Waals surface area contributed by atoms with Crippen molar-refractivity contribution in [1.29, 1.82) is 0 Å². The van der Waals surface area contributed by atoms with Gasteiger partial charge in [-0.1, -0.05) is 12.8 Å². The number of nitrogens with zero attached hydrogens (tertiary/aromatic N) is 4. The minimum Gasteiger partial charge on any atom is -0.351 e. The molecule has 0 aromatic carbocycles. The largest absolute Gasteiger partial charge is 0.351 e. The van der Waals surface area contributed by atoms with Gasteiger partial charge in [0.1, 0.15) is 5.65 Å². The van der Waals surface area contributed by atoms with Gasteiger partial charge in [0.15, 0.2) is 0 Å². The lowest BCUT2D eigenvalue weighted by Gasteiger charge is -2.20. The number of aromatic nitrogens is 3. The zero-order valence-corrected chi connectivity index (χ0v) is 16.2. The number of aryl methyl sites for hydroxylation is 2. The summed E-state index contributed by atoms with van der Waals surface area (Å²) in [6, 6.07) is 1.61. The first kappa shape index (κ1) is 19.3. The number of fused-ring (bicyclic) bond motifs is 1. The van der Waals surface area contributed by atoms with Gasteiger partial charge in [-0.2, -0.15) is 0 Å². The molecule has 0 aliphatic carbocycles. The molecule has 1 aliphatic heterocycles. The Morgan fingerprint density at radius 1 is 1.11 bits per heavy atom. The van der Waals surface area contributed by atoms with Crippen molar-refractivity contribution in [3.8, 4) is 0 Å². The van der Waals surface area contributed by atoms with Crippen LogP contribution in [0.5, 0.6) is 0 Å². The highest BCUT2D eigenvalue weighted by Crippen LogP contribution is 2.13. The topological polar surface area (TPSA) is 89.2 Å². The number of carbonyl (C=O) groups is 1. The zero-order valence-electron chi connectivity index (χ0n) is 16.2. The van der Waals surface area contributed by atoms with E-state index in [1.54, 1.807) is 20.0 Å². The van der Waals surface area contributed by atoms with Crippen LogP contribution < -0.4 is 16.6 Å². The summed E-state index contributed by atoms with van der Waals surface area (Å²) >= 11 is 0. The van der Waals surface area contributed by atoms with Crippen molar-refractivity contribution < 1.29 is 4.79 Å². The Kier molecular flexibility index (Phi) is 5.74. The van der Waals surface area contributed by atoms with Crippen LogP contribution >= 0.6 is 0 Å². The van der Waals surface area contributed by atoms with Crippen LogP contribution in [0.1, 0.15) is 41.7 Å². The van der Waals surface area contributed by atoms with E-state index in [9.17, 15) is 14.4 Å². The number of likely N-dealkylation sites (tertiary alicyclic amines) is 1. The smallest absolute Gasteiger partial charge is 0.332 e. The highest BCUT2D eigenvalue weighted by Gasteiger charge is 2.19. The Morgan fingerprint density at radius 3 is 2.44 bits per heavy atom. The van der Waals surface area contributed by atoms with E-state index in [0.717, 1.165) is 24.2 Å². The molecule has 8 nitrogen and oxygen atoms in total. The molecule has 0 radical (unpaired) electrons. The predicted octanol–water partition coefficient (Wildman–Crippen LogP) is 0.546. The van der Waals surface area contributed by atoms with E-state index in [4.69, 9.17) is 0 Å². The molecular weight excluding hydrogens is 346 g/mol. The number of hydrogen-bond acceptors (Lipinski definition) is 5. The van der Waals surface area contributed by atoms with Gasteiger partial charge in [-0.05, 0) is 38.9 Å². The van der Waals surface area contributed by atoms with E-state index in [2.05, 4.69) is 15.2 Å². The van der Waals surface area contributed by atoms with Gasteiger partial charge in [0, 0.05) is 32.9 Å². The lowest BCUT2D eigenvalue weighted by Crippen LogP contribution is -2.39. The standard InChI is InChI=1S/C19H27N5O3/c1-13-12-14(15-16(21-13)22(2)19(27)23(3)18(15)26)17(25)20-8-11-24-9-6-4-5-7-10-24/h12H,4-11H2,1-3H3,(H,20,25). The maximum Gasteiger partial charge on any atom is 0.332 e. The van der Waals surface area contributed by atoms with Crippen LogP contribution in [0.4, 0.5) is 0 Å². The second kappa shape index (κ2) is 8.04. The van der Waals surface area contributed by atoms with Gasteiger partial charge in [0.05, 0.1) is 10.9 Å². The lowest BCUT2D eigenvalue weighted by atomic mass is 10.1. The second-order valence-corrected chi connectivity index (χ2v) is 7.23. The van der Waals surface area contributed by atoms with Crippen molar-refractivity contribution in [2.24, 2.45) is 14.1 Å². The summed E-state index contributed by atoms with van der Waals surface area (Å²) in [7, 11) is 2.96. The quantitative estimate of drug-likeness (QED) is 0.845. The predicted molar refractivity (Wildman–Crippen MR) is 104 cm³/mol. The maximum absolute atomic E-state index is 12.8. The van der Waals surface area contributed by atoms with E-state index in [1.165, 1.54) is 37.3 Å². The maximum atomic E-state index is 12.8. The molecule has 3 heterocycles. The Hall–Kier alpha value is -2.48. The van der Waals surface area contributed by atoms with Crippen LogP contribution in [0.15, 0.2) is 15.7 Å². The fourth-order valence-corrected chi connectivity index (χ4v) is 3.64. The van der Waals surface area contributed by atoms with Gasteiger partial charge in [0.25, 0.3) is 11.5 Å².